The van der Waals surface area contributed by atoms with Crippen LogP contribution in [0.4, 0.5) is 0 Å². The van der Waals surface area contributed by atoms with Crippen LogP contribution in [0, 0.1) is 19.8 Å². The highest BCUT2D eigenvalue weighted by atomic mass is 32.1. The molecule has 38 heavy (non-hydrogen) atoms. The van der Waals surface area contributed by atoms with Crippen LogP contribution in [-0.2, 0) is 22.7 Å². The number of aryl methyl sites for hydroxylation is 2. The first kappa shape index (κ1) is 26.1. The van der Waals surface area contributed by atoms with E-state index in [0.717, 1.165) is 39.2 Å². The number of aromatic nitrogens is 1. The fourth-order valence-corrected chi connectivity index (χ4v) is 6.47. The first-order valence-corrected chi connectivity index (χ1v) is 14.1. The second kappa shape index (κ2) is 10.7. The Bertz CT molecular complexity index is 1380. The highest BCUT2D eigenvalue weighted by Crippen LogP contribution is 2.31. The maximum absolute atomic E-state index is 13.8. The molecule has 198 valence electrons. The molecular formula is C30H34N4O3S. The predicted molar refractivity (Wildman–Crippen MR) is 149 cm³/mol. The van der Waals surface area contributed by atoms with Gasteiger partial charge in [0.2, 0.25) is 11.8 Å². The fourth-order valence-electron chi connectivity index (χ4n) is 5.67. The zero-order valence-electron chi connectivity index (χ0n) is 22.4. The highest BCUT2D eigenvalue weighted by molar-refractivity contribution is 7.13. The number of thiazole rings is 1. The summed E-state index contributed by atoms with van der Waals surface area (Å²) < 4.78 is 0. The molecule has 1 fully saturated rings. The number of amides is 3. The number of carbonyl (C=O) groups excluding carboxylic acids is 3. The number of nitrogens with one attached hydrogen (secondary N) is 1. The Morgan fingerprint density at radius 2 is 1.95 bits per heavy atom. The largest absolute Gasteiger partial charge is 0.350 e. The smallest absolute Gasteiger partial charge is 0.255 e. The van der Waals surface area contributed by atoms with Gasteiger partial charge >= 0.3 is 0 Å². The van der Waals surface area contributed by atoms with Gasteiger partial charge in [0.1, 0.15) is 12.1 Å². The highest BCUT2D eigenvalue weighted by Gasteiger charge is 2.43. The summed E-state index contributed by atoms with van der Waals surface area (Å²) in [6, 6.07) is 12.6. The van der Waals surface area contributed by atoms with Crippen LogP contribution in [-0.4, -0.2) is 51.1 Å². The first-order chi connectivity index (χ1) is 18.3. The van der Waals surface area contributed by atoms with Gasteiger partial charge in [0.15, 0.2) is 0 Å². The average Bonchev–Trinajstić information content (AvgIpc) is 3.63. The lowest BCUT2D eigenvalue weighted by Gasteiger charge is -2.35. The molecule has 8 heteroatoms. The molecule has 1 N–H and O–H groups in total. The molecule has 3 amide bonds. The number of hydrogen-bond donors (Lipinski definition) is 1. The lowest BCUT2D eigenvalue weighted by molar-refractivity contribution is -0.143. The molecular weight excluding hydrogens is 496 g/mol. The van der Waals surface area contributed by atoms with Crippen LogP contribution in [0.25, 0.3) is 10.4 Å². The van der Waals surface area contributed by atoms with Crippen molar-refractivity contribution in [3.05, 3.63) is 75.9 Å². The van der Waals surface area contributed by atoms with Crippen molar-refractivity contribution in [2.45, 2.75) is 65.7 Å². The van der Waals surface area contributed by atoms with E-state index in [4.69, 9.17) is 0 Å². The van der Waals surface area contributed by atoms with Crippen molar-refractivity contribution in [1.29, 1.82) is 0 Å². The van der Waals surface area contributed by atoms with E-state index in [1.165, 1.54) is 0 Å². The van der Waals surface area contributed by atoms with Gasteiger partial charge in [-0.3, -0.25) is 14.4 Å². The summed E-state index contributed by atoms with van der Waals surface area (Å²) in [7, 11) is 0. The third-order valence-electron chi connectivity index (χ3n) is 7.71. The van der Waals surface area contributed by atoms with Gasteiger partial charge in [0.05, 0.1) is 16.1 Å². The van der Waals surface area contributed by atoms with Crippen LogP contribution in [0.15, 0.2) is 48.0 Å². The van der Waals surface area contributed by atoms with E-state index < -0.39 is 12.1 Å². The van der Waals surface area contributed by atoms with Gasteiger partial charge in [0, 0.05) is 25.2 Å². The molecule has 0 bridgehead atoms. The molecule has 1 saturated heterocycles. The van der Waals surface area contributed by atoms with E-state index in [1.807, 2.05) is 63.5 Å². The normalized spacial score (nSPS) is 17.7. The number of hydrogen-bond acceptors (Lipinski definition) is 5. The Labute approximate surface area is 227 Å². The lowest BCUT2D eigenvalue weighted by Crippen LogP contribution is -2.55. The van der Waals surface area contributed by atoms with Gasteiger partial charge in [-0.15, -0.1) is 11.3 Å². The summed E-state index contributed by atoms with van der Waals surface area (Å²) in [6.07, 6.45) is 1.39. The minimum atomic E-state index is -0.603. The van der Waals surface area contributed by atoms with E-state index in [2.05, 4.69) is 22.4 Å². The molecule has 5 rings (SSSR count). The van der Waals surface area contributed by atoms with E-state index in [1.54, 1.807) is 21.1 Å². The van der Waals surface area contributed by atoms with Crippen LogP contribution >= 0.6 is 11.3 Å². The Morgan fingerprint density at radius 3 is 2.63 bits per heavy atom. The van der Waals surface area contributed by atoms with E-state index in [-0.39, 0.29) is 23.6 Å². The van der Waals surface area contributed by atoms with Crippen molar-refractivity contribution in [2.24, 2.45) is 5.92 Å². The van der Waals surface area contributed by atoms with E-state index in [9.17, 15) is 14.4 Å². The van der Waals surface area contributed by atoms with E-state index in [0.29, 0.717) is 31.6 Å². The maximum Gasteiger partial charge on any atom is 0.255 e. The summed E-state index contributed by atoms with van der Waals surface area (Å²) in [6.45, 7) is 9.33. The minimum Gasteiger partial charge on any atom is -0.350 e. The quantitative estimate of drug-likeness (QED) is 0.480. The molecule has 2 aliphatic heterocycles. The van der Waals surface area contributed by atoms with Gasteiger partial charge in [-0.05, 0) is 60.9 Å². The molecule has 7 nitrogen and oxygen atoms in total. The monoisotopic (exact) mass is 530 g/mol. The number of rotatable bonds is 7. The third-order valence-corrected chi connectivity index (χ3v) is 8.69. The first-order valence-electron chi connectivity index (χ1n) is 13.2. The number of carbonyl (C=O) groups is 3. The summed E-state index contributed by atoms with van der Waals surface area (Å²) in [4.78, 5) is 49.2. The van der Waals surface area contributed by atoms with Gasteiger partial charge in [0.25, 0.3) is 5.91 Å². The van der Waals surface area contributed by atoms with Crippen LogP contribution in [0.3, 0.4) is 0 Å². The number of fused-ring (bicyclic) bond motifs is 1. The molecule has 2 aliphatic rings. The Morgan fingerprint density at radius 1 is 1.16 bits per heavy atom. The molecule has 3 heterocycles. The second-order valence-corrected chi connectivity index (χ2v) is 11.4. The summed E-state index contributed by atoms with van der Waals surface area (Å²) in [5.74, 6) is -0.468. The van der Waals surface area contributed by atoms with Crippen molar-refractivity contribution in [3.8, 4) is 10.4 Å². The summed E-state index contributed by atoms with van der Waals surface area (Å²) in [5.41, 5.74) is 7.74. The average molecular weight is 531 g/mol. The van der Waals surface area contributed by atoms with E-state index >= 15 is 0 Å². The number of benzene rings is 2. The Hall–Kier alpha value is -3.52. The summed E-state index contributed by atoms with van der Waals surface area (Å²) >= 11 is 1.62. The summed E-state index contributed by atoms with van der Waals surface area (Å²) in [5, 5.41) is 3.07. The zero-order valence-corrected chi connectivity index (χ0v) is 23.2. The molecule has 3 aromatic rings. The van der Waals surface area contributed by atoms with Gasteiger partial charge in [-0.25, -0.2) is 4.98 Å². The SMILES string of the molecule is Cc1cc(-c2scnc2C)ccc1CNC(=O)C1CCCN1C(=O)C(C(C)C)N1Cc2ccccc2C1=O. The fraction of sp³-hybridized carbons (Fsp3) is 0.400. The van der Waals surface area contributed by atoms with Gasteiger partial charge in [-0.1, -0.05) is 50.2 Å². The van der Waals surface area contributed by atoms with Crippen LogP contribution in [0.2, 0.25) is 0 Å². The molecule has 2 atom stereocenters. The Kier molecular flexibility index (Phi) is 7.34. The number of likely N-dealkylation sites (tertiary alicyclic amines) is 1. The lowest BCUT2D eigenvalue weighted by atomic mass is 10.00. The van der Waals surface area contributed by atoms with Crippen molar-refractivity contribution in [3.63, 3.8) is 0 Å². The van der Waals surface area contributed by atoms with Crippen LogP contribution < -0.4 is 5.32 Å². The molecule has 0 spiro atoms. The van der Waals surface area contributed by atoms with Gasteiger partial charge in [-0.2, -0.15) is 0 Å². The van der Waals surface area contributed by atoms with Crippen molar-refractivity contribution in [2.75, 3.05) is 6.54 Å². The third kappa shape index (κ3) is 4.85. The standard InChI is InChI=1S/C30H34N4O3S/c1-18(2)26(34-16-23-8-5-6-9-24(23)29(34)36)30(37)33-13-7-10-25(33)28(35)31-15-22-12-11-21(14-19(22)3)27-20(4)32-17-38-27/h5-6,8-9,11-12,14,17-18,25-26H,7,10,13,15-16H2,1-4H3,(H,31,35). The molecule has 1 aromatic heterocycles. The molecule has 0 radical (unpaired) electrons. The molecule has 0 saturated carbocycles. The van der Waals surface area contributed by atoms with Crippen LogP contribution in [0.5, 0.6) is 0 Å². The maximum atomic E-state index is 13.8. The van der Waals surface area contributed by atoms with Crippen molar-refractivity contribution in [1.82, 2.24) is 20.1 Å². The van der Waals surface area contributed by atoms with Crippen molar-refractivity contribution < 1.29 is 14.4 Å². The molecule has 2 unspecified atom stereocenters. The molecule has 0 aliphatic carbocycles. The van der Waals surface area contributed by atoms with Crippen molar-refractivity contribution >= 4 is 29.1 Å². The van der Waals surface area contributed by atoms with Gasteiger partial charge < -0.3 is 15.1 Å². The predicted octanol–water partition coefficient (Wildman–Crippen LogP) is 4.71. The van der Waals surface area contributed by atoms with Crippen LogP contribution in [0.1, 0.15) is 59.4 Å². The zero-order chi connectivity index (χ0) is 27.0. The Balaban J connectivity index is 1.27. The topological polar surface area (TPSA) is 82.6 Å². The minimum absolute atomic E-state index is 0.0755. The second-order valence-electron chi connectivity index (χ2n) is 10.6. The molecule has 2 aromatic carbocycles. The number of nitrogens with zero attached hydrogens (tertiary/aromatic N) is 3.